The molecule has 0 atom stereocenters. The van der Waals surface area contributed by atoms with Crippen LogP contribution in [0.5, 0.6) is 0 Å². The second-order valence-electron chi connectivity index (χ2n) is 3.26. The van der Waals surface area contributed by atoms with Crippen molar-refractivity contribution in [3.8, 4) is 11.4 Å². The average Bonchev–Trinajstić information content (AvgIpc) is 2.30. The minimum absolute atomic E-state index is 0.490. The van der Waals surface area contributed by atoms with Crippen LogP contribution < -0.4 is 0 Å². The first-order valence-electron chi connectivity index (χ1n) is 4.79. The van der Waals surface area contributed by atoms with Crippen molar-refractivity contribution < 1.29 is 4.74 Å². The van der Waals surface area contributed by atoms with E-state index < -0.39 is 0 Å². The molecule has 0 radical (unpaired) electrons. The van der Waals surface area contributed by atoms with Gasteiger partial charge in [-0.15, -0.1) is 0 Å². The first-order valence-corrected chi connectivity index (χ1v) is 5.20. The second kappa shape index (κ2) is 4.96. The Morgan fingerprint density at radius 3 is 2.81 bits per heavy atom. The number of hydrogen-bond acceptors (Lipinski definition) is 4. The van der Waals surface area contributed by atoms with E-state index in [1.807, 2.05) is 12.1 Å². The number of nitrogens with one attached hydrogen (secondary N) is 1. The van der Waals surface area contributed by atoms with E-state index in [1.54, 1.807) is 25.6 Å². The molecule has 0 saturated heterocycles. The van der Waals surface area contributed by atoms with Gasteiger partial charge in [-0.2, -0.15) is 0 Å². The Morgan fingerprint density at radius 2 is 2.12 bits per heavy atom. The summed E-state index contributed by atoms with van der Waals surface area (Å²) in [5.74, 6) is 0.738. The molecule has 0 spiro atoms. The van der Waals surface area contributed by atoms with Gasteiger partial charge in [0.2, 0.25) is 0 Å². The first kappa shape index (κ1) is 10.9. The third kappa shape index (κ3) is 2.50. The molecule has 2 rings (SSSR count). The third-order valence-electron chi connectivity index (χ3n) is 2.05. The van der Waals surface area contributed by atoms with Gasteiger partial charge < -0.3 is 9.72 Å². The van der Waals surface area contributed by atoms with Gasteiger partial charge in [0.1, 0.15) is 10.5 Å². The molecule has 0 aliphatic heterocycles. The Labute approximate surface area is 98.3 Å². The Bertz CT molecular complexity index is 524. The lowest BCUT2D eigenvalue weighted by molar-refractivity contribution is 0.181. The van der Waals surface area contributed by atoms with E-state index >= 15 is 0 Å². The lowest BCUT2D eigenvalue weighted by Crippen LogP contribution is -1.97. The highest BCUT2D eigenvalue weighted by Gasteiger charge is 2.01. The molecule has 0 saturated carbocycles. The van der Waals surface area contributed by atoms with E-state index in [9.17, 15) is 0 Å². The van der Waals surface area contributed by atoms with Crippen LogP contribution >= 0.6 is 12.2 Å². The fraction of sp³-hybridized carbons (Fsp3) is 0.182. The summed E-state index contributed by atoms with van der Waals surface area (Å²) in [6.07, 6.45) is 3.44. The normalized spacial score (nSPS) is 10.3. The molecule has 2 heterocycles. The van der Waals surface area contributed by atoms with Gasteiger partial charge in [0.05, 0.1) is 6.61 Å². The monoisotopic (exact) mass is 233 g/mol. The quantitative estimate of drug-likeness (QED) is 0.827. The molecule has 0 aromatic carbocycles. The molecule has 16 heavy (non-hydrogen) atoms. The zero-order valence-corrected chi connectivity index (χ0v) is 9.62. The molecular formula is C11H11N3OS. The summed E-state index contributed by atoms with van der Waals surface area (Å²) in [5.41, 5.74) is 1.87. The fourth-order valence-electron chi connectivity index (χ4n) is 1.39. The Kier molecular flexibility index (Phi) is 3.38. The molecule has 1 N–H and O–H groups in total. The van der Waals surface area contributed by atoms with Crippen molar-refractivity contribution in [1.82, 2.24) is 15.0 Å². The zero-order valence-electron chi connectivity index (χ0n) is 8.80. The van der Waals surface area contributed by atoms with E-state index in [1.165, 1.54) is 0 Å². The number of nitrogens with zero attached hydrogens (tertiary/aromatic N) is 2. The highest BCUT2D eigenvalue weighted by atomic mass is 32.1. The van der Waals surface area contributed by atoms with E-state index in [2.05, 4.69) is 15.0 Å². The Morgan fingerprint density at radius 1 is 1.38 bits per heavy atom. The molecule has 2 aromatic rings. The molecular weight excluding hydrogens is 222 g/mol. The van der Waals surface area contributed by atoms with Crippen molar-refractivity contribution in [1.29, 1.82) is 0 Å². The van der Waals surface area contributed by atoms with Gasteiger partial charge in [0.15, 0.2) is 0 Å². The number of methoxy groups -OCH3 is 1. The first-order chi connectivity index (χ1) is 7.79. The molecule has 0 unspecified atom stereocenters. The molecule has 0 aliphatic carbocycles. The van der Waals surface area contributed by atoms with Gasteiger partial charge in [0, 0.05) is 30.8 Å². The van der Waals surface area contributed by atoms with Gasteiger partial charge in [-0.3, -0.25) is 4.98 Å². The van der Waals surface area contributed by atoms with Crippen molar-refractivity contribution in [2.75, 3.05) is 7.11 Å². The van der Waals surface area contributed by atoms with Gasteiger partial charge in [-0.05, 0) is 18.2 Å². The summed E-state index contributed by atoms with van der Waals surface area (Å²) in [5, 5.41) is 0. The van der Waals surface area contributed by atoms with Crippen LogP contribution in [-0.4, -0.2) is 22.1 Å². The lowest BCUT2D eigenvalue weighted by Gasteiger charge is -2.04. The number of ether oxygens (including phenoxy) is 1. The molecule has 0 fully saturated rings. The largest absolute Gasteiger partial charge is 0.378 e. The maximum Gasteiger partial charge on any atom is 0.139 e. The van der Waals surface area contributed by atoms with Crippen molar-refractivity contribution >= 4 is 12.2 Å². The summed E-state index contributed by atoms with van der Waals surface area (Å²) < 4.78 is 5.61. The molecule has 5 heteroatoms. The van der Waals surface area contributed by atoms with Gasteiger partial charge in [-0.25, -0.2) is 4.98 Å². The second-order valence-corrected chi connectivity index (χ2v) is 3.68. The number of aromatic amines is 1. The van der Waals surface area contributed by atoms with Crippen LogP contribution in [0.2, 0.25) is 0 Å². The number of hydrogen-bond donors (Lipinski definition) is 1. The average molecular weight is 233 g/mol. The predicted octanol–water partition coefficient (Wildman–Crippen LogP) is 2.35. The highest BCUT2D eigenvalue weighted by molar-refractivity contribution is 7.71. The number of rotatable bonds is 3. The molecule has 82 valence electrons. The Hall–Kier alpha value is -1.59. The zero-order chi connectivity index (χ0) is 11.4. The van der Waals surface area contributed by atoms with Crippen LogP contribution in [0.4, 0.5) is 0 Å². The van der Waals surface area contributed by atoms with Crippen LogP contribution in [0.1, 0.15) is 5.69 Å². The van der Waals surface area contributed by atoms with E-state index in [-0.39, 0.29) is 0 Å². The predicted molar refractivity (Wildman–Crippen MR) is 63.4 cm³/mol. The van der Waals surface area contributed by atoms with Gasteiger partial charge >= 0.3 is 0 Å². The molecule has 0 aliphatic rings. The van der Waals surface area contributed by atoms with Crippen LogP contribution in [0.25, 0.3) is 11.4 Å². The summed E-state index contributed by atoms with van der Waals surface area (Å²) in [7, 11) is 1.64. The van der Waals surface area contributed by atoms with Crippen molar-refractivity contribution in [2.24, 2.45) is 0 Å². The smallest absolute Gasteiger partial charge is 0.139 e. The standard InChI is InChI=1S/C11H11N3OS/c1-15-7-9-6-10(16)14-11(13-9)8-2-4-12-5-3-8/h2-6H,7H2,1H3,(H,13,14,16). The van der Waals surface area contributed by atoms with E-state index in [0.29, 0.717) is 11.2 Å². The van der Waals surface area contributed by atoms with Crippen molar-refractivity contribution in [3.05, 3.63) is 40.9 Å². The minimum Gasteiger partial charge on any atom is -0.378 e. The van der Waals surface area contributed by atoms with Crippen molar-refractivity contribution in [3.63, 3.8) is 0 Å². The number of H-pyrrole nitrogens is 1. The van der Waals surface area contributed by atoms with Crippen LogP contribution in [-0.2, 0) is 11.3 Å². The third-order valence-corrected chi connectivity index (χ3v) is 2.26. The molecule has 0 bridgehead atoms. The van der Waals surface area contributed by atoms with Crippen molar-refractivity contribution in [2.45, 2.75) is 6.61 Å². The molecule has 0 amide bonds. The van der Waals surface area contributed by atoms with Crippen LogP contribution in [0.3, 0.4) is 0 Å². The number of aromatic nitrogens is 3. The summed E-state index contributed by atoms with van der Waals surface area (Å²) in [6.45, 7) is 0.490. The maximum absolute atomic E-state index is 5.10. The maximum atomic E-state index is 5.10. The summed E-state index contributed by atoms with van der Waals surface area (Å²) >= 11 is 5.10. The van der Waals surface area contributed by atoms with E-state index in [4.69, 9.17) is 17.0 Å². The number of pyridine rings is 1. The lowest BCUT2D eigenvalue weighted by atomic mass is 10.2. The van der Waals surface area contributed by atoms with E-state index in [0.717, 1.165) is 17.1 Å². The molecule has 2 aromatic heterocycles. The SMILES string of the molecule is COCc1cc(=S)nc(-c2ccncc2)[nH]1. The summed E-state index contributed by atoms with van der Waals surface area (Å²) in [4.78, 5) is 11.4. The van der Waals surface area contributed by atoms with Gasteiger partial charge in [0.25, 0.3) is 0 Å². The minimum atomic E-state index is 0.490. The highest BCUT2D eigenvalue weighted by Crippen LogP contribution is 2.13. The fourth-order valence-corrected chi connectivity index (χ4v) is 1.62. The van der Waals surface area contributed by atoms with Crippen LogP contribution in [0, 0.1) is 4.64 Å². The Balaban J connectivity index is 2.45. The molecule has 4 nitrogen and oxygen atoms in total. The summed E-state index contributed by atoms with van der Waals surface area (Å²) in [6, 6.07) is 5.55. The van der Waals surface area contributed by atoms with Gasteiger partial charge in [-0.1, -0.05) is 12.2 Å². The van der Waals surface area contributed by atoms with Crippen LogP contribution in [0.15, 0.2) is 30.6 Å². The topological polar surface area (TPSA) is 50.8 Å².